The number of rotatable bonds is 5. The van der Waals surface area contributed by atoms with Gasteiger partial charge < -0.3 is 14.2 Å². The summed E-state index contributed by atoms with van der Waals surface area (Å²) in [5.74, 6) is -0.669. The van der Waals surface area contributed by atoms with E-state index in [2.05, 4.69) is 20.0 Å². The molecule has 126 valence electrons. The number of amides is 1. The van der Waals surface area contributed by atoms with Crippen LogP contribution in [0.3, 0.4) is 0 Å². The third-order valence-electron chi connectivity index (χ3n) is 3.29. The highest BCUT2D eigenvalue weighted by Gasteiger charge is 2.22. The van der Waals surface area contributed by atoms with Crippen molar-refractivity contribution in [1.82, 2.24) is 9.97 Å². The molecule has 2 aromatic rings. The monoisotopic (exact) mass is 349 g/mol. The number of nitrogens with zero attached hydrogens (tertiary/aromatic N) is 2. The van der Waals surface area contributed by atoms with Crippen LogP contribution in [0.5, 0.6) is 5.88 Å². The van der Waals surface area contributed by atoms with Gasteiger partial charge in [0.1, 0.15) is 16.5 Å². The molecule has 2 aromatic heterocycles. The molecule has 0 spiro atoms. The van der Waals surface area contributed by atoms with Gasteiger partial charge in [-0.1, -0.05) is 11.3 Å². The van der Waals surface area contributed by atoms with Crippen molar-refractivity contribution < 1.29 is 23.8 Å². The van der Waals surface area contributed by atoms with Crippen molar-refractivity contribution in [2.24, 2.45) is 0 Å². The maximum Gasteiger partial charge on any atom is 0.349 e. The molecule has 1 N–H and O–H groups in total. The molecule has 0 unspecified atom stereocenters. The fourth-order valence-corrected chi connectivity index (χ4v) is 2.84. The Morgan fingerprint density at radius 3 is 3.04 bits per heavy atom. The zero-order chi connectivity index (χ0) is 16.9. The Kier molecular flexibility index (Phi) is 5.02. The molecule has 3 rings (SSSR count). The normalized spacial score (nSPS) is 16.6. The van der Waals surface area contributed by atoms with Gasteiger partial charge in [-0.25, -0.2) is 14.8 Å². The maximum absolute atomic E-state index is 12.4. The van der Waals surface area contributed by atoms with E-state index in [-0.39, 0.29) is 12.0 Å². The van der Waals surface area contributed by atoms with Crippen LogP contribution in [0.1, 0.15) is 26.5 Å². The van der Waals surface area contributed by atoms with Gasteiger partial charge in [0, 0.05) is 12.6 Å². The minimum absolute atomic E-state index is 0.114. The highest BCUT2D eigenvalue weighted by molar-refractivity contribution is 7.17. The molecule has 1 aliphatic rings. The van der Waals surface area contributed by atoms with E-state index in [1.165, 1.54) is 13.3 Å². The summed E-state index contributed by atoms with van der Waals surface area (Å²) in [6.45, 7) is 1.11. The lowest BCUT2D eigenvalue weighted by atomic mass is 10.2. The second-order valence-electron chi connectivity index (χ2n) is 4.93. The van der Waals surface area contributed by atoms with Crippen molar-refractivity contribution >= 4 is 28.3 Å². The summed E-state index contributed by atoms with van der Waals surface area (Å²) in [5.41, 5.74) is 0.291. The number of methoxy groups -OCH3 is 1. The van der Waals surface area contributed by atoms with Crippen LogP contribution in [0.25, 0.3) is 0 Å². The fourth-order valence-electron chi connectivity index (χ4n) is 2.11. The smallest absolute Gasteiger partial charge is 0.349 e. The van der Waals surface area contributed by atoms with Crippen molar-refractivity contribution in [1.29, 1.82) is 0 Å². The van der Waals surface area contributed by atoms with Crippen molar-refractivity contribution in [3.63, 3.8) is 0 Å². The Hall–Kier alpha value is -2.52. The standard InChI is InChI=1S/C15H15N3O5S/c1-21-14(20)11-7-17-15(24-11)18-12(19)10-3-2-5-16-13(10)23-9-4-6-22-8-9/h2-3,5,7,9H,4,6,8H2,1H3,(H,17,18,19)/t9-/m0/s1. The Morgan fingerprint density at radius 2 is 2.29 bits per heavy atom. The minimum atomic E-state index is -0.500. The predicted octanol–water partition coefficient (Wildman–Crippen LogP) is 1.74. The number of carbonyl (C=O) groups is 2. The first-order valence-electron chi connectivity index (χ1n) is 7.22. The Labute approximate surface area is 141 Å². The molecule has 24 heavy (non-hydrogen) atoms. The molecule has 1 fully saturated rings. The summed E-state index contributed by atoms with van der Waals surface area (Å²) in [6.07, 6.45) is 3.55. The molecule has 1 atom stereocenters. The van der Waals surface area contributed by atoms with Crippen LogP contribution in [-0.4, -0.2) is 48.3 Å². The first-order chi connectivity index (χ1) is 11.7. The van der Waals surface area contributed by atoms with Crippen LogP contribution in [0, 0.1) is 0 Å². The average Bonchev–Trinajstić information content (AvgIpc) is 3.26. The molecular formula is C15H15N3O5S. The summed E-state index contributed by atoms with van der Waals surface area (Å²) in [5, 5.41) is 2.92. The summed E-state index contributed by atoms with van der Waals surface area (Å²) in [7, 11) is 1.28. The zero-order valence-electron chi connectivity index (χ0n) is 12.9. The number of hydrogen-bond donors (Lipinski definition) is 1. The lowest BCUT2D eigenvalue weighted by Gasteiger charge is -2.13. The quantitative estimate of drug-likeness (QED) is 0.821. The van der Waals surface area contributed by atoms with Crippen molar-refractivity contribution in [2.45, 2.75) is 12.5 Å². The SMILES string of the molecule is COC(=O)c1cnc(NC(=O)c2cccnc2O[C@H]2CCOC2)s1. The summed E-state index contributed by atoms with van der Waals surface area (Å²) in [4.78, 5) is 32.3. The molecule has 1 amide bonds. The van der Waals surface area contributed by atoms with E-state index >= 15 is 0 Å². The topological polar surface area (TPSA) is 99.6 Å². The van der Waals surface area contributed by atoms with Crippen LogP contribution < -0.4 is 10.1 Å². The van der Waals surface area contributed by atoms with Gasteiger partial charge in [0.05, 0.1) is 26.5 Å². The number of pyridine rings is 1. The van der Waals surface area contributed by atoms with E-state index in [0.29, 0.717) is 28.8 Å². The molecule has 0 radical (unpaired) electrons. The van der Waals surface area contributed by atoms with Crippen LogP contribution in [0.15, 0.2) is 24.5 Å². The number of anilines is 1. The summed E-state index contributed by atoms with van der Waals surface area (Å²) < 4.78 is 15.6. The zero-order valence-corrected chi connectivity index (χ0v) is 13.7. The van der Waals surface area contributed by atoms with Crippen molar-refractivity contribution in [2.75, 3.05) is 25.6 Å². The van der Waals surface area contributed by atoms with Crippen LogP contribution in [0.2, 0.25) is 0 Å². The molecule has 1 saturated heterocycles. The van der Waals surface area contributed by atoms with E-state index in [1.807, 2.05) is 0 Å². The number of ether oxygens (including phenoxy) is 3. The van der Waals surface area contributed by atoms with Gasteiger partial charge in [0.15, 0.2) is 5.13 Å². The van der Waals surface area contributed by atoms with E-state index < -0.39 is 11.9 Å². The Morgan fingerprint density at radius 1 is 1.42 bits per heavy atom. The molecule has 0 bridgehead atoms. The van der Waals surface area contributed by atoms with Gasteiger partial charge in [0.25, 0.3) is 5.91 Å². The molecule has 0 saturated carbocycles. The molecule has 3 heterocycles. The first kappa shape index (κ1) is 16.3. The van der Waals surface area contributed by atoms with Crippen LogP contribution in [-0.2, 0) is 9.47 Å². The van der Waals surface area contributed by atoms with E-state index in [1.54, 1.807) is 18.3 Å². The summed E-state index contributed by atoms with van der Waals surface area (Å²) in [6, 6.07) is 3.26. The molecule has 9 heteroatoms. The third-order valence-corrected chi connectivity index (χ3v) is 4.19. The molecule has 8 nitrogen and oxygen atoms in total. The number of hydrogen-bond acceptors (Lipinski definition) is 8. The molecule has 0 aromatic carbocycles. The lowest BCUT2D eigenvalue weighted by molar-refractivity contribution is 0.0606. The van der Waals surface area contributed by atoms with E-state index in [4.69, 9.17) is 9.47 Å². The second kappa shape index (κ2) is 7.37. The van der Waals surface area contributed by atoms with Gasteiger partial charge in [-0.3, -0.25) is 10.1 Å². The van der Waals surface area contributed by atoms with E-state index in [0.717, 1.165) is 17.8 Å². The number of aromatic nitrogens is 2. The number of carbonyl (C=O) groups excluding carboxylic acids is 2. The second-order valence-corrected chi connectivity index (χ2v) is 5.97. The van der Waals surface area contributed by atoms with Crippen LogP contribution >= 0.6 is 11.3 Å². The highest BCUT2D eigenvalue weighted by atomic mass is 32.1. The number of esters is 1. The van der Waals surface area contributed by atoms with Crippen molar-refractivity contribution in [3.8, 4) is 5.88 Å². The van der Waals surface area contributed by atoms with Gasteiger partial charge in [-0.05, 0) is 12.1 Å². The largest absolute Gasteiger partial charge is 0.471 e. The Bertz CT molecular complexity index is 742. The van der Waals surface area contributed by atoms with Gasteiger partial charge in [-0.15, -0.1) is 0 Å². The summed E-state index contributed by atoms with van der Waals surface area (Å²) >= 11 is 1.03. The third kappa shape index (κ3) is 3.69. The molecular weight excluding hydrogens is 334 g/mol. The molecule has 0 aliphatic carbocycles. The van der Waals surface area contributed by atoms with Gasteiger partial charge in [-0.2, -0.15) is 0 Å². The fraction of sp³-hybridized carbons (Fsp3) is 0.333. The maximum atomic E-state index is 12.4. The lowest BCUT2D eigenvalue weighted by Crippen LogP contribution is -2.20. The number of thiazole rings is 1. The predicted molar refractivity (Wildman–Crippen MR) is 85.5 cm³/mol. The Balaban J connectivity index is 1.72. The highest BCUT2D eigenvalue weighted by Crippen LogP contribution is 2.23. The van der Waals surface area contributed by atoms with E-state index in [9.17, 15) is 9.59 Å². The number of nitrogens with one attached hydrogen (secondary N) is 1. The molecule has 1 aliphatic heterocycles. The first-order valence-corrected chi connectivity index (χ1v) is 8.04. The van der Waals surface area contributed by atoms with Crippen LogP contribution in [0.4, 0.5) is 5.13 Å². The van der Waals surface area contributed by atoms with Gasteiger partial charge in [0.2, 0.25) is 5.88 Å². The minimum Gasteiger partial charge on any atom is -0.471 e. The van der Waals surface area contributed by atoms with Crippen molar-refractivity contribution in [3.05, 3.63) is 35.0 Å². The average molecular weight is 349 g/mol. The van der Waals surface area contributed by atoms with Gasteiger partial charge >= 0.3 is 5.97 Å².